The topological polar surface area (TPSA) is 80.7 Å². The van der Waals surface area contributed by atoms with Crippen molar-refractivity contribution < 1.29 is 33.0 Å². The second-order valence-corrected chi connectivity index (χ2v) is 10.8. The maximum atomic E-state index is 17.1. The summed E-state index contributed by atoms with van der Waals surface area (Å²) < 4.78 is 38.3. The van der Waals surface area contributed by atoms with E-state index < -0.39 is 69.0 Å². The Kier molecular flexibility index (Phi) is 5.33. The lowest BCUT2D eigenvalue weighted by atomic mass is 9.44. The first-order chi connectivity index (χ1) is 14.8. The van der Waals surface area contributed by atoms with Crippen LogP contribution in [0.5, 0.6) is 0 Å². The van der Waals surface area contributed by atoms with Gasteiger partial charge in [-0.05, 0) is 49.8 Å². The molecule has 6 unspecified atom stereocenters. The number of halogens is 2. The number of thiol groups is 1. The highest BCUT2D eigenvalue weighted by atomic mass is 32.1. The number of aliphatic hydroxyl groups excluding tert-OH is 1. The number of aliphatic hydroxyl groups is 1. The molecule has 4 rings (SSSR count). The van der Waals surface area contributed by atoms with Crippen LogP contribution in [0.1, 0.15) is 53.4 Å². The summed E-state index contributed by atoms with van der Waals surface area (Å²) in [5.74, 6) is -2.94. The number of hydrogen-bond acceptors (Lipinski definition) is 5. The van der Waals surface area contributed by atoms with Crippen LogP contribution in [0.4, 0.5) is 8.78 Å². The third-order valence-corrected chi connectivity index (χ3v) is 9.38. The van der Waals surface area contributed by atoms with Crippen molar-refractivity contribution in [2.75, 3.05) is 0 Å². The number of fused-ring (bicyclic) bond motifs is 5. The summed E-state index contributed by atoms with van der Waals surface area (Å²) in [4.78, 5) is 37.2. The Hall–Kier alpha value is -1.54. The number of carbonyl (C=O) groups excluding carboxylic acids is 3. The molecule has 5 nitrogen and oxygen atoms in total. The van der Waals surface area contributed by atoms with Gasteiger partial charge in [-0.3, -0.25) is 14.4 Å². The van der Waals surface area contributed by atoms with Crippen LogP contribution in [-0.4, -0.2) is 45.5 Å². The lowest BCUT2D eigenvalue weighted by molar-refractivity contribution is -0.228. The monoisotopic (exact) mass is 468 g/mol. The molecule has 0 heterocycles. The van der Waals surface area contributed by atoms with E-state index in [4.69, 9.17) is 4.74 Å². The molecule has 0 saturated heterocycles. The Labute approximate surface area is 192 Å². The Morgan fingerprint density at radius 3 is 2.53 bits per heavy atom. The molecule has 0 aliphatic heterocycles. The first-order valence-electron chi connectivity index (χ1n) is 11.2. The Morgan fingerprint density at radius 1 is 1.28 bits per heavy atom. The molecule has 32 heavy (non-hydrogen) atoms. The SMILES string of the molecule is CCC(=O)O[C@]1(C(=O)S)C(C)CC2C3C[C@H](F)C4=CC(=O)C=CC4(C)[C@@]3(F)C(O)CC21C. The zero-order valence-corrected chi connectivity index (χ0v) is 19.6. The summed E-state index contributed by atoms with van der Waals surface area (Å²) in [6, 6.07) is 0. The second-order valence-electron chi connectivity index (χ2n) is 10.4. The van der Waals surface area contributed by atoms with Crippen molar-refractivity contribution in [1.82, 2.24) is 0 Å². The molecule has 0 aromatic heterocycles. The van der Waals surface area contributed by atoms with E-state index in [2.05, 4.69) is 12.6 Å². The van der Waals surface area contributed by atoms with Crippen LogP contribution in [0.15, 0.2) is 23.8 Å². The van der Waals surface area contributed by atoms with E-state index in [1.54, 1.807) is 20.8 Å². The van der Waals surface area contributed by atoms with Crippen molar-refractivity contribution in [2.24, 2.45) is 28.6 Å². The largest absolute Gasteiger partial charge is 0.449 e. The predicted octanol–water partition coefficient (Wildman–Crippen LogP) is 3.70. The van der Waals surface area contributed by atoms with E-state index in [1.165, 1.54) is 19.1 Å². The van der Waals surface area contributed by atoms with E-state index >= 15 is 8.78 Å². The van der Waals surface area contributed by atoms with E-state index in [1.807, 2.05) is 0 Å². The third-order valence-electron chi connectivity index (χ3n) is 9.05. The number of ketones is 1. The normalized spacial score (nSPS) is 49.6. The molecule has 0 aromatic carbocycles. The Balaban J connectivity index is 1.87. The summed E-state index contributed by atoms with van der Waals surface area (Å²) in [5.41, 5.74) is -6.46. The lowest BCUT2D eigenvalue weighted by Crippen LogP contribution is -2.70. The molecular formula is C24H30F2O5S. The molecule has 8 heteroatoms. The standard InChI is InChI=1S/C24H30F2O5S/c1-5-19(29)31-24(20(30)32)12(2)8-14-15-10-17(25)16-9-13(27)6-7-21(16,3)23(15,26)18(28)11-22(14,24)4/h6-7,9,12,14-15,17-18,28H,5,8,10-11H2,1-4H3,(H,30,32)/t12?,14?,15?,17-,18?,21?,22?,23-,24-/m0/s1. The van der Waals surface area contributed by atoms with Crippen LogP contribution in [0.3, 0.4) is 0 Å². The fraction of sp³-hybridized carbons (Fsp3) is 0.708. The number of alkyl halides is 2. The van der Waals surface area contributed by atoms with Crippen molar-refractivity contribution >= 4 is 29.5 Å². The minimum atomic E-state index is -2.24. The first kappa shape index (κ1) is 23.6. The van der Waals surface area contributed by atoms with Crippen molar-refractivity contribution in [3.8, 4) is 0 Å². The summed E-state index contributed by atoms with van der Waals surface area (Å²) in [6.07, 6.45) is 0.619. The van der Waals surface area contributed by atoms with Gasteiger partial charge in [0.05, 0.1) is 6.10 Å². The highest BCUT2D eigenvalue weighted by molar-refractivity contribution is 7.96. The van der Waals surface area contributed by atoms with Gasteiger partial charge in [0, 0.05) is 29.1 Å². The molecule has 0 amide bonds. The third kappa shape index (κ3) is 2.62. The van der Waals surface area contributed by atoms with E-state index in [-0.39, 0.29) is 24.8 Å². The number of rotatable bonds is 3. The number of esters is 1. The summed E-state index contributed by atoms with van der Waals surface area (Å²) in [6.45, 7) is 6.62. The zero-order chi connectivity index (χ0) is 23.9. The number of ether oxygens (including phenoxy) is 1. The molecule has 4 aliphatic carbocycles. The van der Waals surface area contributed by atoms with Gasteiger partial charge in [-0.1, -0.05) is 26.8 Å². The number of allylic oxidation sites excluding steroid dienone is 4. The van der Waals surface area contributed by atoms with Crippen LogP contribution in [0.25, 0.3) is 0 Å². The molecular weight excluding hydrogens is 438 g/mol. The molecule has 176 valence electrons. The van der Waals surface area contributed by atoms with Gasteiger partial charge in [0.25, 0.3) is 0 Å². The highest BCUT2D eigenvalue weighted by Crippen LogP contribution is 2.71. The summed E-state index contributed by atoms with van der Waals surface area (Å²) >= 11 is 4.09. The molecule has 3 saturated carbocycles. The maximum Gasteiger partial charge on any atom is 0.306 e. The van der Waals surface area contributed by atoms with Crippen LogP contribution in [0.2, 0.25) is 0 Å². The van der Waals surface area contributed by atoms with Gasteiger partial charge in [-0.25, -0.2) is 8.78 Å². The molecule has 9 atom stereocenters. The Morgan fingerprint density at radius 2 is 1.94 bits per heavy atom. The summed E-state index contributed by atoms with van der Waals surface area (Å²) in [7, 11) is 0. The first-order valence-corrected chi connectivity index (χ1v) is 11.7. The van der Waals surface area contributed by atoms with E-state index in [0.29, 0.717) is 6.42 Å². The van der Waals surface area contributed by atoms with Gasteiger partial charge in [-0.15, -0.1) is 12.6 Å². The maximum absolute atomic E-state index is 17.1. The smallest absolute Gasteiger partial charge is 0.306 e. The van der Waals surface area contributed by atoms with Gasteiger partial charge < -0.3 is 9.84 Å². The van der Waals surface area contributed by atoms with Gasteiger partial charge in [0.1, 0.15) is 6.17 Å². The number of hydrogen-bond donors (Lipinski definition) is 2. The molecule has 1 N–H and O–H groups in total. The van der Waals surface area contributed by atoms with Gasteiger partial charge in [0.2, 0.25) is 5.12 Å². The lowest BCUT2D eigenvalue weighted by Gasteiger charge is -2.63. The van der Waals surface area contributed by atoms with E-state index in [9.17, 15) is 19.5 Å². The fourth-order valence-electron chi connectivity index (χ4n) is 7.49. The Bertz CT molecular complexity index is 949. The molecule has 0 radical (unpaired) electrons. The predicted molar refractivity (Wildman–Crippen MR) is 116 cm³/mol. The molecule has 4 aliphatic rings. The average molecular weight is 469 g/mol. The van der Waals surface area contributed by atoms with Gasteiger partial charge in [0.15, 0.2) is 17.1 Å². The van der Waals surface area contributed by atoms with Gasteiger partial charge >= 0.3 is 5.97 Å². The van der Waals surface area contributed by atoms with Crippen molar-refractivity contribution in [1.29, 1.82) is 0 Å². The van der Waals surface area contributed by atoms with Crippen molar-refractivity contribution in [2.45, 2.75) is 76.9 Å². The van der Waals surface area contributed by atoms with E-state index in [0.717, 1.165) is 6.08 Å². The van der Waals surface area contributed by atoms with Crippen molar-refractivity contribution in [3.63, 3.8) is 0 Å². The average Bonchev–Trinajstić information content (AvgIpc) is 2.93. The summed E-state index contributed by atoms with van der Waals surface area (Å²) in [5, 5.41) is 10.7. The second kappa shape index (κ2) is 7.23. The molecule has 0 aromatic rings. The fourth-order valence-corrected chi connectivity index (χ4v) is 8.01. The highest BCUT2D eigenvalue weighted by Gasteiger charge is 2.77. The van der Waals surface area contributed by atoms with Crippen LogP contribution in [0, 0.1) is 28.6 Å². The molecule has 0 bridgehead atoms. The van der Waals surface area contributed by atoms with Crippen LogP contribution >= 0.6 is 12.6 Å². The zero-order valence-electron chi connectivity index (χ0n) is 18.7. The van der Waals surface area contributed by atoms with Gasteiger partial charge in [-0.2, -0.15) is 0 Å². The molecule has 0 spiro atoms. The van der Waals surface area contributed by atoms with Crippen LogP contribution < -0.4 is 0 Å². The minimum absolute atomic E-state index is 0.0476. The van der Waals surface area contributed by atoms with Crippen LogP contribution in [-0.2, 0) is 19.1 Å². The number of carbonyl (C=O) groups is 3. The van der Waals surface area contributed by atoms with Crippen molar-refractivity contribution in [3.05, 3.63) is 23.8 Å². The minimum Gasteiger partial charge on any atom is -0.449 e. The quantitative estimate of drug-likeness (QED) is 0.488. The molecule has 3 fully saturated rings.